The normalized spacial score (nSPS) is 12.6. The van der Waals surface area contributed by atoms with E-state index >= 15 is 0 Å². The Hall–Kier alpha value is -4.11. The SMILES string of the molecule is COc1c(Cl)cccc1Nc1c(-c2ccnc(Nc3cccc(C)n3)c2)nn2c1C(=O)NCC2. The lowest BCUT2D eigenvalue weighted by molar-refractivity contribution is 0.0925. The number of halogens is 1. The van der Waals surface area contributed by atoms with Crippen molar-refractivity contribution in [1.82, 2.24) is 25.1 Å². The molecule has 0 fully saturated rings. The number of hydrogen-bond donors (Lipinski definition) is 3. The molecule has 1 aliphatic heterocycles. The van der Waals surface area contributed by atoms with Crippen molar-refractivity contribution >= 4 is 40.5 Å². The number of aryl methyl sites for hydroxylation is 1. The highest BCUT2D eigenvalue weighted by molar-refractivity contribution is 6.32. The van der Waals surface area contributed by atoms with Gasteiger partial charge in [0.05, 0.1) is 30.1 Å². The summed E-state index contributed by atoms with van der Waals surface area (Å²) in [4.78, 5) is 21.7. The second-order valence-corrected chi connectivity index (χ2v) is 8.12. The lowest BCUT2D eigenvalue weighted by Crippen LogP contribution is -2.35. The first-order valence-electron chi connectivity index (χ1n) is 10.7. The number of carbonyl (C=O) groups excluding carboxylic acids is 1. The van der Waals surface area contributed by atoms with Gasteiger partial charge in [0.1, 0.15) is 23.0 Å². The highest BCUT2D eigenvalue weighted by atomic mass is 35.5. The molecule has 3 N–H and O–H groups in total. The number of pyridine rings is 2. The summed E-state index contributed by atoms with van der Waals surface area (Å²) in [5.74, 6) is 1.58. The number of rotatable bonds is 6. The van der Waals surface area contributed by atoms with E-state index in [0.29, 0.717) is 58.3 Å². The largest absolute Gasteiger partial charge is 0.493 e. The smallest absolute Gasteiger partial charge is 0.271 e. The monoisotopic (exact) mass is 475 g/mol. The van der Waals surface area contributed by atoms with Gasteiger partial charge in [0.15, 0.2) is 5.75 Å². The number of benzene rings is 1. The highest BCUT2D eigenvalue weighted by Gasteiger charge is 2.28. The molecule has 4 heterocycles. The summed E-state index contributed by atoms with van der Waals surface area (Å²) >= 11 is 6.32. The number of fused-ring (bicyclic) bond motifs is 1. The van der Waals surface area contributed by atoms with Crippen LogP contribution in [0.15, 0.2) is 54.7 Å². The summed E-state index contributed by atoms with van der Waals surface area (Å²) in [6.07, 6.45) is 1.69. The van der Waals surface area contributed by atoms with Crippen LogP contribution in [0.2, 0.25) is 5.02 Å². The number of nitrogens with one attached hydrogen (secondary N) is 3. The summed E-state index contributed by atoms with van der Waals surface area (Å²) in [6.45, 7) is 3.00. The maximum Gasteiger partial charge on any atom is 0.271 e. The van der Waals surface area contributed by atoms with Gasteiger partial charge in [0.2, 0.25) is 0 Å². The lowest BCUT2D eigenvalue weighted by Gasteiger charge is -2.17. The predicted molar refractivity (Wildman–Crippen MR) is 131 cm³/mol. The van der Waals surface area contributed by atoms with Gasteiger partial charge in [-0.2, -0.15) is 5.10 Å². The van der Waals surface area contributed by atoms with Crippen molar-refractivity contribution in [2.45, 2.75) is 13.5 Å². The van der Waals surface area contributed by atoms with Gasteiger partial charge in [-0.05, 0) is 43.3 Å². The molecule has 0 bridgehead atoms. The van der Waals surface area contributed by atoms with Crippen LogP contribution < -0.4 is 20.7 Å². The molecule has 1 aromatic carbocycles. The molecule has 4 aromatic rings. The van der Waals surface area contributed by atoms with Crippen LogP contribution in [0.3, 0.4) is 0 Å². The second kappa shape index (κ2) is 9.03. The quantitative estimate of drug-likeness (QED) is 0.376. The van der Waals surface area contributed by atoms with Crippen LogP contribution in [-0.2, 0) is 6.54 Å². The van der Waals surface area contributed by atoms with Crippen molar-refractivity contribution in [3.05, 3.63) is 71.1 Å². The minimum absolute atomic E-state index is 0.204. The molecule has 9 nitrogen and oxygen atoms in total. The molecular formula is C24H22ClN7O2. The zero-order valence-electron chi connectivity index (χ0n) is 18.6. The van der Waals surface area contributed by atoms with Crippen LogP contribution in [0.25, 0.3) is 11.3 Å². The summed E-state index contributed by atoms with van der Waals surface area (Å²) in [5.41, 5.74) is 3.91. The Morgan fingerprint density at radius 1 is 1.12 bits per heavy atom. The number of ether oxygens (including phenoxy) is 1. The van der Waals surface area contributed by atoms with Gasteiger partial charge >= 0.3 is 0 Å². The third-order valence-electron chi connectivity index (χ3n) is 5.39. The molecule has 34 heavy (non-hydrogen) atoms. The summed E-state index contributed by atoms with van der Waals surface area (Å²) in [6, 6.07) is 14.8. The summed E-state index contributed by atoms with van der Waals surface area (Å²) in [7, 11) is 1.55. The van der Waals surface area contributed by atoms with E-state index in [1.54, 1.807) is 24.1 Å². The van der Waals surface area contributed by atoms with Gasteiger partial charge in [-0.25, -0.2) is 9.97 Å². The maximum atomic E-state index is 12.8. The average Bonchev–Trinajstić information content (AvgIpc) is 3.19. The first-order chi connectivity index (χ1) is 16.5. The van der Waals surface area contributed by atoms with E-state index in [4.69, 9.17) is 21.4 Å². The van der Waals surface area contributed by atoms with Gasteiger partial charge in [-0.15, -0.1) is 0 Å². The summed E-state index contributed by atoms with van der Waals surface area (Å²) < 4.78 is 7.20. The molecule has 172 valence electrons. The molecule has 0 saturated carbocycles. The molecule has 0 unspecified atom stereocenters. The molecule has 0 spiro atoms. The standard InChI is InChI=1S/C24H22ClN7O2/c1-14-5-3-8-18(28-14)30-19-13-15(9-10-26-19)20-21(22-24(33)27-11-12-32(22)31-20)29-17-7-4-6-16(25)23(17)34-2/h3-10,13,29H,11-12H2,1-2H3,(H,27,33)(H,26,28,30). The van der Waals surface area contributed by atoms with E-state index in [1.165, 1.54) is 0 Å². The van der Waals surface area contributed by atoms with Crippen LogP contribution >= 0.6 is 11.6 Å². The van der Waals surface area contributed by atoms with Crippen molar-refractivity contribution in [1.29, 1.82) is 0 Å². The molecule has 5 rings (SSSR count). The average molecular weight is 476 g/mol. The van der Waals surface area contributed by atoms with E-state index in [0.717, 1.165) is 11.3 Å². The summed E-state index contributed by atoms with van der Waals surface area (Å²) in [5, 5.41) is 14.7. The van der Waals surface area contributed by atoms with Gasteiger partial charge < -0.3 is 20.7 Å². The van der Waals surface area contributed by atoms with Crippen LogP contribution in [0.5, 0.6) is 5.75 Å². The van der Waals surface area contributed by atoms with Gasteiger partial charge in [-0.3, -0.25) is 9.48 Å². The minimum Gasteiger partial charge on any atom is -0.493 e. The molecule has 10 heteroatoms. The van der Waals surface area contributed by atoms with Crippen molar-refractivity contribution in [2.24, 2.45) is 0 Å². The molecule has 1 aliphatic rings. The number of aromatic nitrogens is 4. The fourth-order valence-corrected chi connectivity index (χ4v) is 4.13. The molecule has 0 atom stereocenters. The molecule has 0 aliphatic carbocycles. The van der Waals surface area contributed by atoms with Crippen LogP contribution in [-0.4, -0.2) is 39.3 Å². The maximum absolute atomic E-state index is 12.8. The van der Waals surface area contributed by atoms with Gasteiger partial charge in [0, 0.05) is 24.0 Å². The number of para-hydroxylation sites is 1. The second-order valence-electron chi connectivity index (χ2n) is 7.72. The zero-order valence-corrected chi connectivity index (χ0v) is 19.3. The molecule has 0 saturated heterocycles. The zero-order chi connectivity index (χ0) is 23.7. The fourth-order valence-electron chi connectivity index (χ4n) is 3.87. The molecular weight excluding hydrogens is 454 g/mol. The number of carbonyl (C=O) groups is 1. The topological polar surface area (TPSA) is 106 Å². The van der Waals surface area contributed by atoms with Crippen LogP contribution in [0.4, 0.5) is 23.0 Å². The van der Waals surface area contributed by atoms with E-state index in [9.17, 15) is 4.79 Å². The third kappa shape index (κ3) is 4.13. The Morgan fingerprint density at radius 2 is 1.97 bits per heavy atom. The Balaban J connectivity index is 1.59. The first-order valence-corrected chi connectivity index (χ1v) is 11.1. The van der Waals surface area contributed by atoms with Gasteiger partial charge in [0.25, 0.3) is 5.91 Å². The molecule has 0 radical (unpaired) electrons. The molecule has 3 aromatic heterocycles. The number of anilines is 4. The van der Waals surface area contributed by atoms with E-state index < -0.39 is 0 Å². The number of hydrogen-bond acceptors (Lipinski definition) is 7. The Labute approximate surface area is 201 Å². The van der Waals surface area contributed by atoms with E-state index in [-0.39, 0.29) is 5.91 Å². The Morgan fingerprint density at radius 3 is 2.79 bits per heavy atom. The van der Waals surface area contributed by atoms with Crippen molar-refractivity contribution < 1.29 is 9.53 Å². The van der Waals surface area contributed by atoms with Crippen LogP contribution in [0.1, 0.15) is 16.2 Å². The van der Waals surface area contributed by atoms with E-state index in [1.807, 2.05) is 49.4 Å². The Kier molecular flexibility index (Phi) is 5.77. The Bertz CT molecular complexity index is 1390. The first kappa shape index (κ1) is 21.7. The number of methoxy groups -OCH3 is 1. The highest BCUT2D eigenvalue weighted by Crippen LogP contribution is 2.39. The van der Waals surface area contributed by atoms with Crippen molar-refractivity contribution in [2.75, 3.05) is 24.3 Å². The van der Waals surface area contributed by atoms with E-state index in [2.05, 4.69) is 25.9 Å². The number of nitrogens with zero attached hydrogens (tertiary/aromatic N) is 4. The number of amides is 1. The third-order valence-corrected chi connectivity index (χ3v) is 5.68. The van der Waals surface area contributed by atoms with Gasteiger partial charge in [-0.1, -0.05) is 23.7 Å². The minimum atomic E-state index is -0.204. The predicted octanol–water partition coefficient (Wildman–Crippen LogP) is 4.54. The lowest BCUT2D eigenvalue weighted by atomic mass is 10.1. The van der Waals surface area contributed by atoms with Crippen molar-refractivity contribution in [3.8, 4) is 17.0 Å². The van der Waals surface area contributed by atoms with Crippen molar-refractivity contribution in [3.63, 3.8) is 0 Å². The fraction of sp³-hybridized carbons (Fsp3) is 0.167. The van der Waals surface area contributed by atoms with Crippen LogP contribution in [0, 0.1) is 6.92 Å². The molecule has 1 amide bonds.